The van der Waals surface area contributed by atoms with Crippen LogP contribution >= 0.6 is 0 Å². The summed E-state index contributed by atoms with van der Waals surface area (Å²) in [6, 6.07) is 1.74. The molecule has 0 spiro atoms. The van der Waals surface area contributed by atoms with Gasteiger partial charge in [-0.25, -0.2) is 0 Å². The van der Waals surface area contributed by atoms with Crippen LogP contribution in [0.4, 0.5) is 0 Å². The molecule has 8 nitrogen and oxygen atoms in total. The summed E-state index contributed by atoms with van der Waals surface area (Å²) in [6.07, 6.45) is 7.12. The molecule has 2 aliphatic heterocycles. The van der Waals surface area contributed by atoms with Gasteiger partial charge < -0.3 is 20.0 Å². The number of likely N-dealkylation sites (tertiary alicyclic amines) is 1. The quantitative estimate of drug-likeness (QED) is 0.599. The van der Waals surface area contributed by atoms with Crippen LogP contribution < -0.4 is 10.6 Å². The monoisotopic (exact) mass is 382 g/mol. The number of hydrogen-bond donors (Lipinski definition) is 2. The van der Waals surface area contributed by atoms with E-state index in [0.29, 0.717) is 49.7 Å². The Morgan fingerprint density at radius 3 is 2.93 bits per heavy atom. The topological polar surface area (TPSA) is 115 Å². The summed E-state index contributed by atoms with van der Waals surface area (Å²) in [5.74, 6) is -0.0496. The van der Waals surface area contributed by atoms with E-state index < -0.39 is 0 Å². The van der Waals surface area contributed by atoms with E-state index in [1.165, 1.54) is 6.26 Å². The summed E-state index contributed by atoms with van der Waals surface area (Å²) in [4.78, 5) is 39.1. The van der Waals surface area contributed by atoms with E-state index in [2.05, 4.69) is 10.6 Å². The highest BCUT2D eigenvalue weighted by atomic mass is 16.3. The van der Waals surface area contributed by atoms with Crippen molar-refractivity contribution in [3.05, 3.63) is 34.8 Å². The van der Waals surface area contributed by atoms with Crippen molar-refractivity contribution in [1.82, 2.24) is 15.5 Å². The van der Waals surface area contributed by atoms with Crippen molar-refractivity contribution in [2.75, 3.05) is 19.6 Å². The predicted octanol–water partition coefficient (Wildman–Crippen LogP) is 1.15. The summed E-state index contributed by atoms with van der Waals surface area (Å²) in [5, 5.41) is 14.8. The smallest absolute Gasteiger partial charge is 0.261 e. The van der Waals surface area contributed by atoms with Gasteiger partial charge in [0.1, 0.15) is 23.7 Å². The lowest BCUT2D eigenvalue weighted by Gasteiger charge is -2.17. The van der Waals surface area contributed by atoms with Crippen LogP contribution in [0.3, 0.4) is 0 Å². The molecule has 2 N–H and O–H groups in total. The van der Waals surface area contributed by atoms with E-state index in [-0.39, 0.29) is 34.9 Å². The molecule has 1 aromatic heterocycles. The van der Waals surface area contributed by atoms with Crippen molar-refractivity contribution >= 4 is 17.7 Å². The highest BCUT2D eigenvalue weighted by Crippen LogP contribution is 2.31. The van der Waals surface area contributed by atoms with Gasteiger partial charge >= 0.3 is 0 Å². The number of furan rings is 1. The Kier molecular flexibility index (Phi) is 4.90. The molecule has 1 atom stereocenters. The number of aryl methyl sites for hydroxylation is 1. The van der Waals surface area contributed by atoms with Crippen LogP contribution in [-0.4, -0.2) is 48.3 Å². The van der Waals surface area contributed by atoms with Gasteiger partial charge in [0.2, 0.25) is 0 Å². The lowest BCUT2D eigenvalue weighted by molar-refractivity contribution is -0.117. The fourth-order valence-electron chi connectivity index (χ4n) is 3.69. The van der Waals surface area contributed by atoms with Crippen molar-refractivity contribution < 1.29 is 18.8 Å². The zero-order chi connectivity index (χ0) is 19.7. The van der Waals surface area contributed by atoms with Gasteiger partial charge in [-0.2, -0.15) is 5.26 Å². The second-order valence-electron chi connectivity index (χ2n) is 7.55. The molecule has 1 saturated carbocycles. The summed E-state index contributed by atoms with van der Waals surface area (Å²) < 4.78 is 5.48. The lowest BCUT2D eigenvalue weighted by atomic mass is 10.1. The van der Waals surface area contributed by atoms with E-state index >= 15 is 0 Å². The van der Waals surface area contributed by atoms with Crippen LogP contribution in [0.2, 0.25) is 0 Å². The van der Waals surface area contributed by atoms with E-state index in [9.17, 15) is 19.6 Å². The van der Waals surface area contributed by atoms with E-state index in [1.807, 2.05) is 6.07 Å². The second-order valence-corrected chi connectivity index (χ2v) is 7.55. The Bertz CT molecular complexity index is 891. The number of hydrogen-bond acceptors (Lipinski definition) is 5. The molecule has 1 aromatic rings. The maximum absolute atomic E-state index is 12.9. The average Bonchev–Trinajstić information content (AvgIpc) is 3.28. The molecule has 2 fully saturated rings. The predicted molar refractivity (Wildman–Crippen MR) is 98.2 cm³/mol. The summed E-state index contributed by atoms with van der Waals surface area (Å²) in [5.41, 5.74) is 0.742. The highest BCUT2D eigenvalue weighted by molar-refractivity contribution is 6.08. The van der Waals surface area contributed by atoms with Crippen molar-refractivity contribution in [1.29, 1.82) is 5.26 Å². The summed E-state index contributed by atoms with van der Waals surface area (Å²) in [7, 11) is 0. The maximum Gasteiger partial charge on any atom is 0.261 e. The molecule has 28 heavy (non-hydrogen) atoms. The largest absolute Gasteiger partial charge is 0.468 e. The van der Waals surface area contributed by atoms with Gasteiger partial charge in [0.05, 0.1) is 11.1 Å². The van der Waals surface area contributed by atoms with E-state index in [1.54, 1.807) is 11.0 Å². The molecule has 3 aliphatic rings. The first-order chi connectivity index (χ1) is 13.6. The molecule has 0 unspecified atom stereocenters. The Balaban J connectivity index is 1.41. The Morgan fingerprint density at radius 2 is 2.18 bits per heavy atom. The Morgan fingerprint density at radius 1 is 1.36 bits per heavy atom. The standard InChI is InChI=1S/C20H22N4O4/c21-9-13(8-12-3-4-12)18(25)23-14-5-7-24(10-14)20(27)15-11-28-16-2-1-6-22-19(26)17(15)16/h8,11-12,14H,1-7,10H2,(H,22,26)(H,23,25)/b13-8-/t14-/m1/s1. The number of fused-ring (bicyclic) bond motifs is 1. The average molecular weight is 382 g/mol. The van der Waals surface area contributed by atoms with Crippen molar-refractivity contribution in [3.63, 3.8) is 0 Å². The lowest BCUT2D eigenvalue weighted by Crippen LogP contribution is -2.39. The van der Waals surface area contributed by atoms with Crippen molar-refractivity contribution in [2.24, 2.45) is 5.92 Å². The molecular weight excluding hydrogens is 360 g/mol. The molecule has 0 radical (unpaired) electrons. The van der Waals surface area contributed by atoms with Crippen LogP contribution in [0.15, 0.2) is 22.3 Å². The van der Waals surface area contributed by atoms with Gasteiger partial charge in [0.15, 0.2) is 0 Å². The van der Waals surface area contributed by atoms with Crippen LogP contribution in [-0.2, 0) is 11.2 Å². The van der Waals surface area contributed by atoms with E-state index in [4.69, 9.17) is 4.42 Å². The van der Waals surface area contributed by atoms with Gasteiger partial charge in [0.25, 0.3) is 17.7 Å². The minimum absolute atomic E-state index is 0.143. The van der Waals surface area contributed by atoms with Crippen LogP contribution in [0.25, 0.3) is 0 Å². The molecular formula is C20H22N4O4. The number of amides is 3. The minimum atomic E-state index is -0.384. The van der Waals surface area contributed by atoms with Gasteiger partial charge in [-0.05, 0) is 31.6 Å². The molecule has 1 saturated heterocycles. The Labute approximate surface area is 162 Å². The number of nitriles is 1. The third kappa shape index (κ3) is 3.65. The molecule has 1 aliphatic carbocycles. The van der Waals surface area contributed by atoms with Crippen molar-refractivity contribution in [2.45, 2.75) is 38.1 Å². The van der Waals surface area contributed by atoms with Gasteiger partial charge in [0, 0.05) is 32.1 Å². The first kappa shape index (κ1) is 18.3. The number of carbonyl (C=O) groups excluding carboxylic acids is 3. The molecule has 0 bridgehead atoms. The zero-order valence-electron chi connectivity index (χ0n) is 15.5. The van der Waals surface area contributed by atoms with Crippen LogP contribution in [0.1, 0.15) is 52.2 Å². The normalized spacial score (nSPS) is 22.1. The van der Waals surface area contributed by atoms with Gasteiger partial charge in [-0.3, -0.25) is 14.4 Å². The first-order valence-corrected chi connectivity index (χ1v) is 9.67. The SMILES string of the molecule is N#C/C(=C/C1CC1)C(=O)N[C@@H]1CCN(C(=O)c2coc3c2C(=O)NCCC3)C1. The third-order valence-electron chi connectivity index (χ3n) is 5.39. The van der Waals surface area contributed by atoms with Crippen LogP contribution in [0, 0.1) is 17.2 Å². The fraction of sp³-hybridized carbons (Fsp3) is 0.500. The maximum atomic E-state index is 12.9. The molecule has 4 rings (SSSR count). The Hall–Kier alpha value is -3.08. The first-order valence-electron chi connectivity index (χ1n) is 9.67. The molecule has 3 heterocycles. The fourth-order valence-corrected chi connectivity index (χ4v) is 3.69. The van der Waals surface area contributed by atoms with E-state index in [0.717, 1.165) is 19.3 Å². The minimum Gasteiger partial charge on any atom is -0.468 e. The zero-order valence-corrected chi connectivity index (χ0v) is 15.5. The van der Waals surface area contributed by atoms with Gasteiger partial charge in [-0.1, -0.05) is 6.08 Å². The van der Waals surface area contributed by atoms with Crippen LogP contribution in [0.5, 0.6) is 0 Å². The number of carbonyl (C=O) groups is 3. The molecule has 0 aromatic carbocycles. The molecule has 8 heteroatoms. The number of allylic oxidation sites excluding steroid dienone is 1. The number of rotatable bonds is 4. The molecule has 3 amide bonds. The van der Waals surface area contributed by atoms with Gasteiger partial charge in [-0.15, -0.1) is 0 Å². The summed E-state index contributed by atoms with van der Waals surface area (Å²) >= 11 is 0. The van der Waals surface area contributed by atoms with Crippen molar-refractivity contribution in [3.8, 4) is 6.07 Å². The molecule has 146 valence electrons. The number of nitrogens with zero attached hydrogens (tertiary/aromatic N) is 2. The highest BCUT2D eigenvalue weighted by Gasteiger charge is 2.33. The third-order valence-corrected chi connectivity index (χ3v) is 5.39. The summed E-state index contributed by atoms with van der Waals surface area (Å²) in [6.45, 7) is 1.37. The number of nitrogens with one attached hydrogen (secondary N) is 2. The second kappa shape index (κ2) is 7.50.